The van der Waals surface area contributed by atoms with Crippen LogP contribution >= 0.6 is 0 Å². The van der Waals surface area contributed by atoms with Crippen LogP contribution in [0.4, 0.5) is 11.4 Å². The summed E-state index contributed by atoms with van der Waals surface area (Å²) < 4.78 is 0. The van der Waals surface area contributed by atoms with Crippen molar-refractivity contribution in [2.24, 2.45) is 5.92 Å². The zero-order valence-corrected chi connectivity index (χ0v) is 16.6. The van der Waals surface area contributed by atoms with Gasteiger partial charge in [-0.3, -0.25) is 15.0 Å². The van der Waals surface area contributed by atoms with Gasteiger partial charge in [-0.15, -0.1) is 0 Å². The number of benzene rings is 2. The van der Waals surface area contributed by atoms with E-state index >= 15 is 0 Å². The van der Waals surface area contributed by atoms with Gasteiger partial charge in [0.25, 0.3) is 5.91 Å². The number of unbranched alkanes of at least 4 members (excludes halogenated alkanes) is 1. The predicted molar refractivity (Wildman–Crippen MR) is 100 cm³/mol. The first kappa shape index (κ1) is 21.5. The fourth-order valence-corrected chi connectivity index (χ4v) is 2.38. The number of carbonyl (C=O) groups is 2. The summed E-state index contributed by atoms with van der Waals surface area (Å²) in [5.74, 6) is -2.63. The molecule has 0 spiro atoms. The molecule has 0 aromatic heterocycles. The minimum atomic E-state index is -1.09. The van der Waals surface area contributed by atoms with E-state index in [9.17, 15) is 14.7 Å². The first-order valence-electron chi connectivity index (χ1n) is 8.07. The first-order valence-corrected chi connectivity index (χ1v) is 8.07. The van der Waals surface area contributed by atoms with Gasteiger partial charge in [-0.05, 0) is 30.7 Å². The molecule has 0 aliphatic carbocycles. The first-order chi connectivity index (χ1) is 11.6. The number of amides is 1. The van der Waals surface area contributed by atoms with Gasteiger partial charge in [-0.1, -0.05) is 56.2 Å². The van der Waals surface area contributed by atoms with Crippen LogP contribution in [0.15, 0.2) is 60.7 Å². The second kappa shape index (κ2) is 11.1. The maximum Gasteiger partial charge on any atom is 2.00 e. The molecule has 126 valence electrons. The molecule has 2 aromatic carbocycles. The van der Waals surface area contributed by atoms with E-state index in [-0.39, 0.29) is 37.7 Å². The van der Waals surface area contributed by atoms with Crippen molar-refractivity contribution in [2.45, 2.75) is 26.2 Å². The van der Waals surface area contributed by atoms with Gasteiger partial charge in [0.05, 0.1) is 11.4 Å². The predicted octanol–water partition coefficient (Wildman–Crippen LogP) is 3.56. The third kappa shape index (κ3) is 6.34. The summed E-state index contributed by atoms with van der Waals surface area (Å²) in [7, 11) is 0. The Morgan fingerprint density at radius 1 is 1.04 bits per heavy atom. The number of carboxylic acid groups (broad SMARTS) is 1. The number of hydrogen-bond donors (Lipinski definition) is 2. The van der Waals surface area contributed by atoms with Crippen LogP contribution in [-0.4, -0.2) is 54.7 Å². The number of nitrogens with zero attached hydrogens (tertiary/aromatic N) is 1. The molecule has 0 heterocycles. The molecule has 1 amide bonds. The molecule has 0 aliphatic rings. The number of nitrogens with one attached hydrogen (secondary N) is 1. The summed E-state index contributed by atoms with van der Waals surface area (Å²) in [5.41, 5.74) is 4.35. The molecule has 5 nitrogen and oxygen atoms in total. The van der Waals surface area contributed by atoms with E-state index in [1.165, 1.54) is 5.01 Å². The molecule has 0 aliphatic heterocycles. The number of aliphatic carboxylic acids is 1. The Bertz CT molecular complexity index is 665. The van der Waals surface area contributed by atoms with E-state index in [2.05, 4.69) is 5.43 Å². The monoisotopic (exact) mass is 366 g/mol. The number of para-hydroxylation sites is 2. The Labute approximate surface area is 178 Å². The number of carbonyl (C=O) groups excluding carboxylic acids is 1. The van der Waals surface area contributed by atoms with Crippen LogP contribution in [0.3, 0.4) is 0 Å². The van der Waals surface area contributed by atoms with Gasteiger partial charge < -0.3 is 5.11 Å². The average Bonchev–Trinajstić information content (AvgIpc) is 2.61. The van der Waals surface area contributed by atoms with Crippen LogP contribution in [0, 0.1) is 5.92 Å². The van der Waals surface area contributed by atoms with Gasteiger partial charge in [0.15, 0.2) is 0 Å². The molecule has 6 heteroatoms. The molecule has 1 atom stereocenters. The van der Waals surface area contributed by atoms with E-state index in [1.54, 1.807) is 12.1 Å². The van der Waals surface area contributed by atoms with Crippen LogP contribution in [0.5, 0.6) is 0 Å². The number of carboxylic acids is 1. The van der Waals surface area contributed by atoms with Gasteiger partial charge in [0, 0.05) is 0 Å². The summed E-state index contributed by atoms with van der Waals surface area (Å²) in [6.45, 7) is 1.97. The molecule has 0 bridgehead atoms. The van der Waals surface area contributed by atoms with Gasteiger partial charge in [0.2, 0.25) is 0 Å². The van der Waals surface area contributed by atoms with Crippen LogP contribution in [0.2, 0.25) is 0 Å². The quantitative estimate of drug-likeness (QED) is 0.426. The molecule has 2 aromatic rings. The summed E-state index contributed by atoms with van der Waals surface area (Å²) in [6.07, 6.45) is 1.86. The topological polar surface area (TPSA) is 69.6 Å². The van der Waals surface area contributed by atoms with Crippen molar-refractivity contribution in [3.05, 3.63) is 60.7 Å². The van der Waals surface area contributed by atoms with Crippen molar-refractivity contribution < 1.29 is 14.7 Å². The molecule has 25 heavy (non-hydrogen) atoms. The van der Waals surface area contributed by atoms with Gasteiger partial charge in [0.1, 0.15) is 5.92 Å². The SMILES string of the molecule is CCCCC(C(=O)O)C(=O)N(Nc1ccccc1)c1ccccc1.[Ca+2]. The van der Waals surface area contributed by atoms with Crippen LogP contribution in [0.1, 0.15) is 26.2 Å². The normalized spacial score (nSPS) is 11.1. The van der Waals surface area contributed by atoms with Crippen LogP contribution < -0.4 is 10.4 Å². The number of rotatable bonds is 8. The number of hydrogen-bond acceptors (Lipinski definition) is 3. The van der Waals surface area contributed by atoms with Crippen molar-refractivity contribution in [3.8, 4) is 0 Å². The summed E-state index contributed by atoms with van der Waals surface area (Å²) in [6, 6.07) is 18.2. The number of anilines is 2. The molecule has 0 fully saturated rings. The van der Waals surface area contributed by atoms with Crippen LogP contribution in [-0.2, 0) is 9.59 Å². The smallest absolute Gasteiger partial charge is 0.481 e. The molecule has 2 rings (SSSR count). The van der Waals surface area contributed by atoms with E-state index < -0.39 is 17.8 Å². The molecule has 1 unspecified atom stereocenters. The van der Waals surface area contributed by atoms with E-state index in [0.717, 1.165) is 6.42 Å². The third-order valence-electron chi connectivity index (χ3n) is 3.69. The average molecular weight is 366 g/mol. The zero-order chi connectivity index (χ0) is 17.4. The molecule has 2 N–H and O–H groups in total. The Morgan fingerprint density at radius 2 is 1.60 bits per heavy atom. The summed E-state index contributed by atoms with van der Waals surface area (Å²) in [5, 5.41) is 10.8. The maximum atomic E-state index is 12.9. The molecule has 0 saturated carbocycles. The maximum absolute atomic E-state index is 12.9. The Balaban J connectivity index is 0.00000312. The fraction of sp³-hybridized carbons (Fsp3) is 0.263. The van der Waals surface area contributed by atoms with Crippen molar-refractivity contribution in [1.29, 1.82) is 0 Å². The third-order valence-corrected chi connectivity index (χ3v) is 3.69. The van der Waals surface area contributed by atoms with Crippen molar-refractivity contribution >= 4 is 61.0 Å². The fourth-order valence-electron chi connectivity index (χ4n) is 2.38. The van der Waals surface area contributed by atoms with Crippen molar-refractivity contribution in [1.82, 2.24) is 0 Å². The van der Waals surface area contributed by atoms with E-state index in [1.807, 2.05) is 55.5 Å². The Morgan fingerprint density at radius 3 is 2.12 bits per heavy atom. The number of hydrazine groups is 1. The van der Waals surface area contributed by atoms with Crippen LogP contribution in [0.25, 0.3) is 0 Å². The van der Waals surface area contributed by atoms with Gasteiger partial charge in [-0.2, -0.15) is 0 Å². The minimum Gasteiger partial charge on any atom is -0.481 e. The Kier molecular flexibility index (Phi) is 9.57. The Hall–Kier alpha value is -1.56. The van der Waals surface area contributed by atoms with E-state index in [4.69, 9.17) is 0 Å². The van der Waals surface area contributed by atoms with Crippen molar-refractivity contribution in [3.63, 3.8) is 0 Å². The summed E-state index contributed by atoms with van der Waals surface area (Å²) in [4.78, 5) is 24.4. The second-order valence-electron chi connectivity index (χ2n) is 5.52. The molecule has 0 saturated heterocycles. The van der Waals surface area contributed by atoms with Gasteiger partial charge >= 0.3 is 43.7 Å². The molecule has 0 radical (unpaired) electrons. The van der Waals surface area contributed by atoms with Gasteiger partial charge in [-0.25, -0.2) is 5.01 Å². The second-order valence-corrected chi connectivity index (χ2v) is 5.52. The minimum absolute atomic E-state index is 0. The van der Waals surface area contributed by atoms with Crippen molar-refractivity contribution in [2.75, 3.05) is 10.4 Å². The largest absolute Gasteiger partial charge is 2.00 e. The van der Waals surface area contributed by atoms with E-state index in [0.29, 0.717) is 24.2 Å². The zero-order valence-electron chi connectivity index (χ0n) is 14.4. The standard InChI is InChI=1S/C19H22N2O3.Ca/c1-2-3-14-17(19(23)24)18(22)21(16-12-8-5-9-13-16)20-15-10-6-4-7-11-15;/h4-13,17,20H,2-3,14H2,1H3,(H,23,24);/q;+2. The molecular weight excluding hydrogens is 344 g/mol. The summed E-state index contributed by atoms with van der Waals surface area (Å²) >= 11 is 0. The molecular formula is C19H22CaN2O3+2.